The first-order chi connectivity index (χ1) is 12.7. The van der Waals surface area contributed by atoms with Gasteiger partial charge in [0.2, 0.25) is 0 Å². The number of hydrogen-bond donors (Lipinski definition) is 2. The molecule has 26 heavy (non-hydrogen) atoms. The van der Waals surface area contributed by atoms with Gasteiger partial charge >= 0.3 is 0 Å². The average molecular weight is 386 g/mol. The SMILES string of the molecule is S=C(Nc1ccccc1Cl)NC1C[C@H]2CC[C@@H](C1)N2Cc1ccccc1. The summed E-state index contributed by atoms with van der Waals surface area (Å²) in [5.74, 6) is 0. The molecule has 0 amide bonds. The highest BCUT2D eigenvalue weighted by atomic mass is 35.5. The Morgan fingerprint density at radius 2 is 1.65 bits per heavy atom. The molecule has 4 rings (SSSR count). The summed E-state index contributed by atoms with van der Waals surface area (Å²) in [5, 5.41) is 8.10. The lowest BCUT2D eigenvalue weighted by Gasteiger charge is -2.39. The predicted octanol–water partition coefficient (Wildman–Crippen LogP) is 4.82. The van der Waals surface area contributed by atoms with E-state index in [1.807, 2.05) is 24.3 Å². The number of para-hydroxylation sites is 1. The van der Waals surface area contributed by atoms with Crippen molar-refractivity contribution in [2.45, 2.75) is 50.4 Å². The van der Waals surface area contributed by atoms with Crippen LogP contribution >= 0.6 is 23.8 Å². The third kappa shape index (κ3) is 4.03. The summed E-state index contributed by atoms with van der Waals surface area (Å²) in [6, 6.07) is 20.2. The standard InChI is InChI=1S/C21H24ClN3S/c22-19-8-4-5-9-20(19)24-21(26)23-16-12-17-10-11-18(13-16)25(17)14-15-6-2-1-3-7-15/h1-9,16-18H,10-14H2,(H2,23,24,26)/t16?,17-,18+. The minimum Gasteiger partial charge on any atom is -0.360 e. The van der Waals surface area contributed by atoms with E-state index in [9.17, 15) is 0 Å². The van der Waals surface area contributed by atoms with Crippen LogP contribution < -0.4 is 10.6 Å². The maximum absolute atomic E-state index is 6.21. The van der Waals surface area contributed by atoms with Gasteiger partial charge < -0.3 is 10.6 Å². The van der Waals surface area contributed by atoms with Gasteiger partial charge in [-0.15, -0.1) is 0 Å². The zero-order valence-corrected chi connectivity index (χ0v) is 16.3. The van der Waals surface area contributed by atoms with E-state index in [2.05, 4.69) is 45.9 Å². The van der Waals surface area contributed by atoms with Crippen molar-refractivity contribution in [3.05, 3.63) is 65.2 Å². The van der Waals surface area contributed by atoms with Crippen LogP contribution in [0.1, 0.15) is 31.2 Å². The lowest BCUT2D eigenvalue weighted by atomic mass is 9.96. The van der Waals surface area contributed by atoms with Crippen LogP contribution in [0.25, 0.3) is 0 Å². The monoisotopic (exact) mass is 385 g/mol. The molecule has 2 aromatic rings. The van der Waals surface area contributed by atoms with Gasteiger partial charge in [-0.25, -0.2) is 0 Å². The summed E-state index contributed by atoms with van der Waals surface area (Å²) in [6.07, 6.45) is 4.88. The summed E-state index contributed by atoms with van der Waals surface area (Å²) in [4.78, 5) is 2.69. The lowest BCUT2D eigenvalue weighted by Crippen LogP contribution is -2.50. The van der Waals surface area contributed by atoms with Gasteiger partial charge in [-0.1, -0.05) is 54.1 Å². The Hall–Kier alpha value is -1.62. The molecule has 3 atom stereocenters. The highest BCUT2D eigenvalue weighted by molar-refractivity contribution is 7.80. The number of benzene rings is 2. The van der Waals surface area contributed by atoms with E-state index >= 15 is 0 Å². The number of fused-ring (bicyclic) bond motifs is 2. The van der Waals surface area contributed by atoms with Crippen LogP contribution in [0.5, 0.6) is 0 Å². The van der Waals surface area contributed by atoms with E-state index in [0.29, 0.717) is 28.3 Å². The predicted molar refractivity (Wildman–Crippen MR) is 113 cm³/mol. The minimum atomic E-state index is 0.432. The Labute approximate surface area is 165 Å². The average Bonchev–Trinajstić information content (AvgIpc) is 2.87. The van der Waals surface area contributed by atoms with Crippen molar-refractivity contribution in [1.29, 1.82) is 0 Å². The van der Waals surface area contributed by atoms with Crippen LogP contribution in [0.4, 0.5) is 5.69 Å². The van der Waals surface area contributed by atoms with Crippen LogP contribution in [-0.4, -0.2) is 28.1 Å². The van der Waals surface area contributed by atoms with Crippen LogP contribution in [0.3, 0.4) is 0 Å². The van der Waals surface area contributed by atoms with Crippen LogP contribution in [0, 0.1) is 0 Å². The molecule has 5 heteroatoms. The Balaban J connectivity index is 1.34. The molecule has 2 N–H and O–H groups in total. The smallest absolute Gasteiger partial charge is 0.171 e. The quantitative estimate of drug-likeness (QED) is 0.737. The number of piperidine rings is 1. The van der Waals surface area contributed by atoms with E-state index in [1.165, 1.54) is 18.4 Å². The van der Waals surface area contributed by atoms with E-state index < -0.39 is 0 Å². The van der Waals surface area contributed by atoms with E-state index in [-0.39, 0.29) is 0 Å². The Morgan fingerprint density at radius 3 is 2.35 bits per heavy atom. The van der Waals surface area contributed by atoms with Crippen molar-refractivity contribution in [2.75, 3.05) is 5.32 Å². The molecule has 1 unspecified atom stereocenters. The van der Waals surface area contributed by atoms with Gasteiger partial charge in [0, 0.05) is 24.7 Å². The molecule has 0 spiro atoms. The second-order valence-electron chi connectivity index (χ2n) is 7.29. The number of rotatable bonds is 4. The fraction of sp³-hybridized carbons (Fsp3) is 0.381. The van der Waals surface area contributed by atoms with Gasteiger partial charge in [-0.05, 0) is 55.6 Å². The first kappa shape index (κ1) is 17.8. The topological polar surface area (TPSA) is 27.3 Å². The molecule has 2 aromatic carbocycles. The van der Waals surface area contributed by atoms with Crippen molar-refractivity contribution in [2.24, 2.45) is 0 Å². The molecule has 2 heterocycles. The maximum atomic E-state index is 6.21. The zero-order valence-electron chi connectivity index (χ0n) is 14.7. The maximum Gasteiger partial charge on any atom is 0.171 e. The summed E-state index contributed by atoms with van der Waals surface area (Å²) in [7, 11) is 0. The lowest BCUT2D eigenvalue weighted by molar-refractivity contribution is 0.115. The summed E-state index contributed by atoms with van der Waals surface area (Å²) >= 11 is 11.7. The fourth-order valence-corrected chi connectivity index (χ4v) is 4.81. The molecule has 2 saturated heterocycles. The highest BCUT2D eigenvalue weighted by Crippen LogP contribution is 2.36. The first-order valence-corrected chi connectivity index (χ1v) is 10.1. The number of hydrogen-bond acceptors (Lipinski definition) is 2. The summed E-state index contributed by atoms with van der Waals surface area (Å²) < 4.78 is 0. The second-order valence-corrected chi connectivity index (χ2v) is 8.11. The van der Waals surface area contributed by atoms with Gasteiger partial charge in [0.25, 0.3) is 0 Å². The molecular formula is C21H24ClN3S. The molecule has 2 aliphatic rings. The minimum absolute atomic E-state index is 0.432. The van der Waals surface area contributed by atoms with Crippen molar-refractivity contribution in [3.8, 4) is 0 Å². The number of anilines is 1. The molecule has 2 bridgehead atoms. The van der Waals surface area contributed by atoms with Crippen molar-refractivity contribution in [3.63, 3.8) is 0 Å². The molecule has 2 aliphatic heterocycles. The third-order valence-electron chi connectivity index (χ3n) is 5.55. The fourth-order valence-electron chi connectivity index (χ4n) is 4.35. The number of thiocarbonyl (C=S) groups is 1. The first-order valence-electron chi connectivity index (χ1n) is 9.31. The Bertz CT molecular complexity index is 753. The molecule has 0 aliphatic carbocycles. The molecular weight excluding hydrogens is 362 g/mol. The number of nitrogens with zero attached hydrogens (tertiary/aromatic N) is 1. The largest absolute Gasteiger partial charge is 0.360 e. The molecule has 2 fully saturated rings. The second kappa shape index (κ2) is 7.95. The van der Waals surface area contributed by atoms with Gasteiger partial charge in [0.1, 0.15) is 0 Å². The highest BCUT2D eigenvalue weighted by Gasteiger charge is 2.40. The summed E-state index contributed by atoms with van der Waals surface area (Å²) in [5.41, 5.74) is 2.27. The van der Waals surface area contributed by atoms with E-state index in [1.54, 1.807) is 0 Å². The van der Waals surface area contributed by atoms with Gasteiger partial charge in [-0.3, -0.25) is 4.90 Å². The molecule has 0 aromatic heterocycles. The van der Waals surface area contributed by atoms with Gasteiger partial charge in [0.15, 0.2) is 5.11 Å². The molecule has 0 radical (unpaired) electrons. The zero-order chi connectivity index (χ0) is 17.9. The number of nitrogens with one attached hydrogen (secondary N) is 2. The van der Waals surface area contributed by atoms with Gasteiger partial charge in [0.05, 0.1) is 10.7 Å². The van der Waals surface area contributed by atoms with Gasteiger partial charge in [-0.2, -0.15) is 0 Å². The molecule has 3 nitrogen and oxygen atoms in total. The van der Waals surface area contributed by atoms with Crippen LogP contribution in [-0.2, 0) is 6.54 Å². The van der Waals surface area contributed by atoms with E-state index in [4.69, 9.17) is 23.8 Å². The Kier molecular flexibility index (Phi) is 5.44. The normalized spacial score (nSPS) is 25.0. The van der Waals surface area contributed by atoms with Crippen LogP contribution in [0.2, 0.25) is 5.02 Å². The molecule has 0 saturated carbocycles. The molecule has 136 valence electrons. The van der Waals surface area contributed by atoms with Crippen molar-refractivity contribution in [1.82, 2.24) is 10.2 Å². The number of halogens is 1. The van der Waals surface area contributed by atoms with E-state index in [0.717, 1.165) is 25.1 Å². The van der Waals surface area contributed by atoms with Crippen LogP contribution in [0.15, 0.2) is 54.6 Å². The van der Waals surface area contributed by atoms with Crippen molar-refractivity contribution >= 4 is 34.6 Å². The summed E-state index contributed by atoms with van der Waals surface area (Å²) in [6.45, 7) is 1.06. The van der Waals surface area contributed by atoms with Crippen molar-refractivity contribution < 1.29 is 0 Å². The third-order valence-corrected chi connectivity index (χ3v) is 6.10. The Morgan fingerprint density at radius 1 is 1.00 bits per heavy atom.